The van der Waals surface area contributed by atoms with Crippen LogP contribution in [0, 0.1) is 6.92 Å². The van der Waals surface area contributed by atoms with Gasteiger partial charge in [-0.1, -0.05) is 22.0 Å². The number of ether oxygens (including phenoxy) is 2. The molecule has 1 aromatic heterocycles. The molecule has 0 saturated carbocycles. The molecule has 2 heterocycles. The third-order valence-corrected chi connectivity index (χ3v) is 3.34. The minimum atomic E-state index is 0.289. The summed E-state index contributed by atoms with van der Waals surface area (Å²) in [5.41, 5.74) is 3.12. The average Bonchev–Trinajstić information content (AvgIpc) is 2.76. The normalized spacial score (nSPS) is 12.8. The molecule has 0 spiro atoms. The lowest BCUT2D eigenvalue weighted by Gasteiger charge is -2.06. The van der Waals surface area contributed by atoms with E-state index in [-0.39, 0.29) is 6.79 Å². The van der Waals surface area contributed by atoms with E-state index in [0.29, 0.717) is 0 Å². The van der Waals surface area contributed by atoms with Crippen LogP contribution in [0.25, 0.3) is 11.1 Å². The Bertz CT molecular complexity index is 566. The molecule has 4 heteroatoms. The van der Waals surface area contributed by atoms with Crippen molar-refractivity contribution in [2.45, 2.75) is 6.92 Å². The summed E-state index contributed by atoms with van der Waals surface area (Å²) in [7, 11) is 0. The first-order chi connectivity index (χ1) is 8.24. The van der Waals surface area contributed by atoms with Crippen molar-refractivity contribution >= 4 is 15.9 Å². The molecule has 0 N–H and O–H groups in total. The van der Waals surface area contributed by atoms with Crippen LogP contribution in [0.3, 0.4) is 0 Å². The van der Waals surface area contributed by atoms with E-state index in [1.165, 1.54) is 0 Å². The minimum absolute atomic E-state index is 0.289. The zero-order valence-corrected chi connectivity index (χ0v) is 10.8. The zero-order valence-electron chi connectivity index (χ0n) is 9.24. The maximum Gasteiger partial charge on any atom is 0.231 e. The van der Waals surface area contributed by atoms with E-state index in [1.54, 1.807) is 0 Å². The Morgan fingerprint density at radius 1 is 1.18 bits per heavy atom. The van der Waals surface area contributed by atoms with Crippen LogP contribution in [-0.4, -0.2) is 11.8 Å². The topological polar surface area (TPSA) is 31.4 Å². The van der Waals surface area contributed by atoms with Gasteiger partial charge in [0, 0.05) is 27.5 Å². The van der Waals surface area contributed by atoms with Gasteiger partial charge in [-0.3, -0.25) is 4.98 Å². The Hall–Kier alpha value is -1.55. The molecule has 0 bridgehead atoms. The molecule has 2 aromatic rings. The van der Waals surface area contributed by atoms with E-state index in [0.717, 1.165) is 32.8 Å². The number of fused-ring (bicyclic) bond motifs is 1. The third kappa shape index (κ3) is 1.89. The Kier molecular flexibility index (Phi) is 2.52. The molecular formula is C13H10BrNO2. The largest absolute Gasteiger partial charge is 0.454 e. The number of rotatable bonds is 1. The lowest BCUT2D eigenvalue weighted by Crippen LogP contribution is -1.92. The van der Waals surface area contributed by atoms with Gasteiger partial charge in [-0.25, -0.2) is 0 Å². The van der Waals surface area contributed by atoms with Crippen molar-refractivity contribution in [2.24, 2.45) is 0 Å². The fourth-order valence-electron chi connectivity index (χ4n) is 1.77. The highest BCUT2D eigenvalue weighted by atomic mass is 79.9. The molecule has 17 heavy (non-hydrogen) atoms. The van der Waals surface area contributed by atoms with Gasteiger partial charge in [0.1, 0.15) is 0 Å². The van der Waals surface area contributed by atoms with Gasteiger partial charge in [0.2, 0.25) is 6.79 Å². The first-order valence-corrected chi connectivity index (χ1v) is 6.05. The standard InChI is InChI=1S/C13H10BrNO2/c1-8-2-3-9(6-15-8)10-4-12-13(5-11(10)14)17-7-16-12/h2-6H,7H2,1H3. The lowest BCUT2D eigenvalue weighted by molar-refractivity contribution is 0.174. The summed E-state index contributed by atoms with van der Waals surface area (Å²) in [4.78, 5) is 4.30. The number of hydrogen-bond donors (Lipinski definition) is 0. The average molecular weight is 292 g/mol. The van der Waals surface area contributed by atoms with Crippen molar-refractivity contribution in [1.29, 1.82) is 0 Å². The zero-order chi connectivity index (χ0) is 11.8. The van der Waals surface area contributed by atoms with Crippen molar-refractivity contribution in [1.82, 2.24) is 4.98 Å². The molecule has 0 unspecified atom stereocenters. The number of halogens is 1. The summed E-state index contributed by atoms with van der Waals surface area (Å²) in [6.07, 6.45) is 1.86. The predicted octanol–water partition coefficient (Wildman–Crippen LogP) is 3.55. The van der Waals surface area contributed by atoms with E-state index in [4.69, 9.17) is 9.47 Å². The molecule has 1 aliphatic heterocycles. The molecule has 1 aliphatic rings. The van der Waals surface area contributed by atoms with Gasteiger partial charge in [-0.2, -0.15) is 0 Å². The Balaban J connectivity index is 2.11. The second-order valence-corrected chi connectivity index (χ2v) is 4.73. The van der Waals surface area contributed by atoms with Crippen molar-refractivity contribution in [2.75, 3.05) is 6.79 Å². The minimum Gasteiger partial charge on any atom is -0.454 e. The second-order valence-electron chi connectivity index (χ2n) is 3.87. The van der Waals surface area contributed by atoms with E-state index < -0.39 is 0 Å². The van der Waals surface area contributed by atoms with Crippen LogP contribution in [0.2, 0.25) is 0 Å². The monoisotopic (exact) mass is 291 g/mol. The smallest absolute Gasteiger partial charge is 0.231 e. The van der Waals surface area contributed by atoms with Crippen molar-refractivity contribution in [3.8, 4) is 22.6 Å². The third-order valence-electron chi connectivity index (χ3n) is 2.68. The fourth-order valence-corrected chi connectivity index (χ4v) is 2.32. The molecule has 0 amide bonds. The number of nitrogens with zero attached hydrogens (tertiary/aromatic N) is 1. The van der Waals surface area contributed by atoms with E-state index >= 15 is 0 Å². The van der Waals surface area contributed by atoms with Gasteiger partial charge in [-0.15, -0.1) is 0 Å². The molecule has 0 radical (unpaired) electrons. The summed E-state index contributed by atoms with van der Waals surface area (Å²) in [6.45, 7) is 2.26. The van der Waals surface area contributed by atoms with Crippen LogP contribution in [0.4, 0.5) is 0 Å². The predicted molar refractivity (Wildman–Crippen MR) is 68.2 cm³/mol. The summed E-state index contributed by atoms with van der Waals surface area (Å²) in [5.74, 6) is 1.56. The van der Waals surface area contributed by atoms with E-state index in [1.807, 2.05) is 37.4 Å². The van der Waals surface area contributed by atoms with Gasteiger partial charge in [0.25, 0.3) is 0 Å². The SMILES string of the molecule is Cc1ccc(-c2cc3c(cc2Br)OCO3)cn1. The van der Waals surface area contributed by atoms with Crippen molar-refractivity contribution in [3.63, 3.8) is 0 Å². The first-order valence-electron chi connectivity index (χ1n) is 5.26. The Morgan fingerprint density at radius 3 is 2.65 bits per heavy atom. The number of aromatic nitrogens is 1. The van der Waals surface area contributed by atoms with Gasteiger partial charge < -0.3 is 9.47 Å². The molecule has 0 atom stereocenters. The van der Waals surface area contributed by atoms with Crippen molar-refractivity contribution in [3.05, 3.63) is 40.6 Å². The van der Waals surface area contributed by atoms with Crippen LogP contribution in [0.1, 0.15) is 5.69 Å². The van der Waals surface area contributed by atoms with Gasteiger partial charge in [0.15, 0.2) is 11.5 Å². The Labute approximate surface area is 108 Å². The maximum absolute atomic E-state index is 5.38. The van der Waals surface area contributed by atoms with Gasteiger partial charge in [-0.05, 0) is 25.1 Å². The molecule has 0 aliphatic carbocycles. The number of benzene rings is 1. The molecular weight excluding hydrogens is 282 g/mol. The number of pyridine rings is 1. The van der Waals surface area contributed by atoms with Crippen LogP contribution in [0.15, 0.2) is 34.9 Å². The first kappa shape index (κ1) is 10.6. The number of aryl methyl sites for hydroxylation is 1. The summed E-state index contributed by atoms with van der Waals surface area (Å²) in [5, 5.41) is 0. The maximum atomic E-state index is 5.38. The van der Waals surface area contributed by atoms with Crippen LogP contribution in [-0.2, 0) is 0 Å². The quantitative estimate of drug-likeness (QED) is 0.805. The Morgan fingerprint density at radius 2 is 1.94 bits per heavy atom. The second kappa shape index (κ2) is 4.04. The number of hydrogen-bond acceptors (Lipinski definition) is 3. The molecule has 3 rings (SSSR count). The van der Waals surface area contributed by atoms with Crippen LogP contribution in [0.5, 0.6) is 11.5 Å². The molecule has 86 valence electrons. The molecule has 0 fully saturated rings. The van der Waals surface area contributed by atoms with E-state index in [9.17, 15) is 0 Å². The summed E-state index contributed by atoms with van der Waals surface area (Å²) >= 11 is 3.54. The van der Waals surface area contributed by atoms with Crippen LogP contribution >= 0.6 is 15.9 Å². The highest BCUT2D eigenvalue weighted by molar-refractivity contribution is 9.10. The van der Waals surface area contributed by atoms with Gasteiger partial charge >= 0.3 is 0 Å². The summed E-state index contributed by atoms with van der Waals surface area (Å²) < 4.78 is 11.7. The molecule has 3 nitrogen and oxygen atoms in total. The van der Waals surface area contributed by atoms with Crippen LogP contribution < -0.4 is 9.47 Å². The highest BCUT2D eigenvalue weighted by Crippen LogP contribution is 2.40. The lowest BCUT2D eigenvalue weighted by atomic mass is 10.1. The van der Waals surface area contributed by atoms with Gasteiger partial charge in [0.05, 0.1) is 0 Å². The molecule has 1 aromatic carbocycles. The summed E-state index contributed by atoms with van der Waals surface area (Å²) in [6, 6.07) is 7.94. The van der Waals surface area contributed by atoms with Crippen molar-refractivity contribution < 1.29 is 9.47 Å². The highest BCUT2D eigenvalue weighted by Gasteiger charge is 2.17. The molecule has 0 saturated heterocycles. The van der Waals surface area contributed by atoms with E-state index in [2.05, 4.69) is 20.9 Å². The fraction of sp³-hybridized carbons (Fsp3) is 0.154.